The van der Waals surface area contributed by atoms with E-state index < -0.39 is 4.92 Å². The van der Waals surface area contributed by atoms with E-state index in [0.717, 1.165) is 5.56 Å². The third kappa shape index (κ3) is 3.56. The fourth-order valence-corrected chi connectivity index (χ4v) is 2.14. The van der Waals surface area contributed by atoms with Crippen LogP contribution in [0.1, 0.15) is 25.0 Å². The molecule has 0 aliphatic heterocycles. The Morgan fingerprint density at radius 1 is 1.29 bits per heavy atom. The molecular formula is C16H19N3O2. The largest absolute Gasteiger partial charge is 0.369 e. The maximum Gasteiger partial charge on any atom is 0.287 e. The van der Waals surface area contributed by atoms with Crippen LogP contribution in [0.5, 0.6) is 0 Å². The fourth-order valence-electron chi connectivity index (χ4n) is 2.14. The third-order valence-corrected chi connectivity index (χ3v) is 3.53. The average Bonchev–Trinajstić information content (AvgIpc) is 2.46. The topological polar surface area (TPSA) is 68.1 Å². The van der Waals surface area contributed by atoms with Gasteiger partial charge in [-0.25, -0.2) is 4.98 Å². The smallest absolute Gasteiger partial charge is 0.287 e. The van der Waals surface area contributed by atoms with Crippen LogP contribution in [0.4, 0.5) is 11.5 Å². The lowest BCUT2D eigenvalue weighted by atomic mass is 9.84. The van der Waals surface area contributed by atoms with Gasteiger partial charge < -0.3 is 5.32 Å². The van der Waals surface area contributed by atoms with Crippen molar-refractivity contribution in [1.29, 1.82) is 0 Å². The maximum absolute atomic E-state index is 10.7. The number of nitrogens with zero attached hydrogens (tertiary/aromatic N) is 2. The minimum absolute atomic E-state index is 0.0142. The number of benzene rings is 1. The molecule has 0 bridgehead atoms. The molecule has 110 valence electrons. The maximum atomic E-state index is 10.7. The van der Waals surface area contributed by atoms with Gasteiger partial charge >= 0.3 is 0 Å². The zero-order valence-electron chi connectivity index (χ0n) is 12.5. The standard InChI is InChI=1S/C16H19N3O2/c1-12-9-14(19(20)21)10-17-15(12)18-11-16(2,3)13-7-5-4-6-8-13/h4-10H,11H2,1-3H3,(H,17,18). The molecule has 1 N–H and O–H groups in total. The molecule has 1 aromatic heterocycles. The minimum atomic E-state index is -0.433. The predicted octanol–water partition coefficient (Wildman–Crippen LogP) is 3.69. The first-order chi connectivity index (χ1) is 9.90. The van der Waals surface area contributed by atoms with Crippen LogP contribution in [0.25, 0.3) is 0 Å². The SMILES string of the molecule is Cc1cc([N+](=O)[O-])cnc1NCC(C)(C)c1ccccc1. The molecule has 0 atom stereocenters. The van der Waals surface area contributed by atoms with Crippen LogP contribution in [0.3, 0.4) is 0 Å². The van der Waals surface area contributed by atoms with E-state index in [1.165, 1.54) is 17.8 Å². The number of aryl methyl sites for hydroxylation is 1. The molecule has 0 saturated heterocycles. The number of rotatable bonds is 5. The molecule has 0 aliphatic carbocycles. The minimum Gasteiger partial charge on any atom is -0.369 e. The van der Waals surface area contributed by atoms with E-state index in [0.29, 0.717) is 12.4 Å². The van der Waals surface area contributed by atoms with Crippen LogP contribution in [-0.4, -0.2) is 16.5 Å². The Morgan fingerprint density at radius 3 is 2.52 bits per heavy atom. The molecule has 0 saturated carbocycles. The summed E-state index contributed by atoms with van der Waals surface area (Å²) in [5, 5.41) is 14.0. The Kier molecular flexibility index (Phi) is 4.21. The third-order valence-electron chi connectivity index (χ3n) is 3.53. The number of aromatic nitrogens is 1. The summed E-state index contributed by atoms with van der Waals surface area (Å²) in [6.07, 6.45) is 1.28. The van der Waals surface area contributed by atoms with Crippen molar-refractivity contribution < 1.29 is 4.92 Å². The van der Waals surface area contributed by atoms with Crippen molar-refractivity contribution in [2.45, 2.75) is 26.2 Å². The highest BCUT2D eigenvalue weighted by Gasteiger charge is 2.20. The van der Waals surface area contributed by atoms with Gasteiger partial charge in [-0.05, 0) is 18.1 Å². The lowest BCUT2D eigenvalue weighted by molar-refractivity contribution is -0.385. The van der Waals surface area contributed by atoms with E-state index in [4.69, 9.17) is 0 Å². The second-order valence-electron chi connectivity index (χ2n) is 5.72. The Labute approximate surface area is 124 Å². The highest BCUT2D eigenvalue weighted by Crippen LogP contribution is 2.24. The van der Waals surface area contributed by atoms with Crippen molar-refractivity contribution in [2.24, 2.45) is 0 Å². The van der Waals surface area contributed by atoms with Crippen molar-refractivity contribution in [1.82, 2.24) is 4.98 Å². The van der Waals surface area contributed by atoms with Crippen LogP contribution in [0, 0.1) is 17.0 Å². The van der Waals surface area contributed by atoms with Crippen LogP contribution in [0.15, 0.2) is 42.6 Å². The zero-order chi connectivity index (χ0) is 15.5. The van der Waals surface area contributed by atoms with Crippen LogP contribution in [0.2, 0.25) is 0 Å². The van der Waals surface area contributed by atoms with E-state index in [1.807, 2.05) is 25.1 Å². The summed E-state index contributed by atoms with van der Waals surface area (Å²) in [4.78, 5) is 14.4. The van der Waals surface area contributed by atoms with E-state index >= 15 is 0 Å². The van der Waals surface area contributed by atoms with Gasteiger partial charge in [0.2, 0.25) is 0 Å². The fraction of sp³-hybridized carbons (Fsp3) is 0.312. The average molecular weight is 285 g/mol. The molecule has 2 rings (SSSR count). The van der Waals surface area contributed by atoms with Gasteiger partial charge in [0.25, 0.3) is 5.69 Å². The summed E-state index contributed by atoms with van der Waals surface area (Å²) >= 11 is 0. The molecule has 1 aromatic carbocycles. The van der Waals surface area contributed by atoms with Crippen molar-refractivity contribution in [3.05, 3.63) is 63.8 Å². The van der Waals surface area contributed by atoms with Crippen LogP contribution in [-0.2, 0) is 5.41 Å². The molecule has 5 nitrogen and oxygen atoms in total. The second-order valence-corrected chi connectivity index (χ2v) is 5.72. The number of anilines is 1. The van der Waals surface area contributed by atoms with Gasteiger partial charge in [0.1, 0.15) is 12.0 Å². The van der Waals surface area contributed by atoms with E-state index in [9.17, 15) is 10.1 Å². The van der Waals surface area contributed by atoms with E-state index in [2.05, 4.69) is 36.3 Å². The molecule has 0 fully saturated rings. The first-order valence-electron chi connectivity index (χ1n) is 6.80. The first kappa shape index (κ1) is 15.0. The first-order valence-corrected chi connectivity index (χ1v) is 6.80. The summed E-state index contributed by atoms with van der Waals surface area (Å²) in [6.45, 7) is 6.81. The second kappa shape index (κ2) is 5.91. The van der Waals surface area contributed by atoms with Gasteiger partial charge in [0, 0.05) is 18.0 Å². The van der Waals surface area contributed by atoms with Crippen molar-refractivity contribution in [3.63, 3.8) is 0 Å². The molecule has 1 heterocycles. The molecule has 21 heavy (non-hydrogen) atoms. The molecule has 2 aromatic rings. The lowest BCUT2D eigenvalue weighted by Gasteiger charge is -2.26. The molecule has 0 unspecified atom stereocenters. The van der Waals surface area contributed by atoms with Gasteiger partial charge in [-0.3, -0.25) is 10.1 Å². The Balaban J connectivity index is 2.11. The predicted molar refractivity (Wildman–Crippen MR) is 83.6 cm³/mol. The van der Waals surface area contributed by atoms with Crippen LogP contribution < -0.4 is 5.32 Å². The molecule has 5 heteroatoms. The Hall–Kier alpha value is -2.43. The molecular weight excluding hydrogens is 266 g/mol. The van der Waals surface area contributed by atoms with Crippen molar-refractivity contribution in [3.8, 4) is 0 Å². The Bertz CT molecular complexity index is 639. The highest BCUT2D eigenvalue weighted by atomic mass is 16.6. The number of pyridine rings is 1. The number of nitro groups is 1. The summed E-state index contributed by atoms with van der Waals surface area (Å²) < 4.78 is 0. The summed E-state index contributed by atoms with van der Waals surface area (Å²) in [7, 11) is 0. The van der Waals surface area contributed by atoms with Gasteiger partial charge in [-0.1, -0.05) is 44.2 Å². The summed E-state index contributed by atoms with van der Waals surface area (Å²) in [6, 6.07) is 11.8. The molecule has 0 aliphatic rings. The molecule has 0 spiro atoms. The lowest BCUT2D eigenvalue weighted by Crippen LogP contribution is -2.28. The van der Waals surface area contributed by atoms with Gasteiger partial charge in [-0.15, -0.1) is 0 Å². The number of nitrogens with one attached hydrogen (secondary N) is 1. The van der Waals surface area contributed by atoms with Crippen LogP contribution >= 0.6 is 0 Å². The van der Waals surface area contributed by atoms with E-state index in [-0.39, 0.29) is 11.1 Å². The van der Waals surface area contributed by atoms with Gasteiger partial charge in [0.15, 0.2) is 0 Å². The number of hydrogen-bond donors (Lipinski definition) is 1. The summed E-state index contributed by atoms with van der Waals surface area (Å²) in [5.41, 5.74) is 1.96. The summed E-state index contributed by atoms with van der Waals surface area (Å²) in [5.74, 6) is 0.685. The van der Waals surface area contributed by atoms with Gasteiger partial charge in [-0.2, -0.15) is 0 Å². The normalized spacial score (nSPS) is 11.2. The monoisotopic (exact) mass is 285 g/mol. The van der Waals surface area contributed by atoms with Crippen molar-refractivity contribution in [2.75, 3.05) is 11.9 Å². The Morgan fingerprint density at radius 2 is 1.95 bits per heavy atom. The van der Waals surface area contributed by atoms with E-state index in [1.54, 1.807) is 0 Å². The zero-order valence-corrected chi connectivity index (χ0v) is 12.5. The molecule has 0 amide bonds. The highest BCUT2D eigenvalue weighted by molar-refractivity contribution is 5.48. The quantitative estimate of drug-likeness (QED) is 0.672. The van der Waals surface area contributed by atoms with Crippen molar-refractivity contribution >= 4 is 11.5 Å². The van der Waals surface area contributed by atoms with Gasteiger partial charge in [0.05, 0.1) is 4.92 Å². The molecule has 0 radical (unpaired) electrons. The number of hydrogen-bond acceptors (Lipinski definition) is 4.